The Bertz CT molecular complexity index is 996. The first-order valence-electron chi connectivity index (χ1n) is 9.39. The minimum atomic E-state index is -3.77. The lowest BCUT2D eigenvalue weighted by Gasteiger charge is -2.28. The fourth-order valence-corrected chi connectivity index (χ4v) is 5.31. The van der Waals surface area contributed by atoms with Crippen molar-refractivity contribution in [2.24, 2.45) is 0 Å². The number of fused-ring (bicyclic) bond motifs is 1. The van der Waals surface area contributed by atoms with E-state index in [4.69, 9.17) is 21.1 Å². The lowest BCUT2D eigenvalue weighted by Crippen LogP contribution is -2.49. The predicted octanol–water partition coefficient (Wildman–Crippen LogP) is 2.45. The van der Waals surface area contributed by atoms with E-state index in [2.05, 4.69) is 5.32 Å². The van der Waals surface area contributed by atoms with E-state index in [0.29, 0.717) is 42.5 Å². The van der Waals surface area contributed by atoms with Crippen molar-refractivity contribution in [2.45, 2.75) is 29.9 Å². The van der Waals surface area contributed by atoms with Gasteiger partial charge < -0.3 is 14.8 Å². The van der Waals surface area contributed by atoms with Crippen LogP contribution in [0.15, 0.2) is 53.4 Å². The quantitative estimate of drug-likeness (QED) is 0.778. The molecule has 1 saturated heterocycles. The molecule has 0 spiro atoms. The number of benzene rings is 2. The van der Waals surface area contributed by atoms with E-state index in [9.17, 15) is 13.2 Å². The molecular weight excluding hydrogens is 416 g/mol. The van der Waals surface area contributed by atoms with Gasteiger partial charge >= 0.3 is 0 Å². The van der Waals surface area contributed by atoms with Crippen LogP contribution < -0.4 is 14.8 Å². The largest absolute Gasteiger partial charge is 0.486 e. The SMILES string of the molecule is O=C(NC[C@H]1COc2ccccc2O1)[C@@H]1CCCN1S(=O)(=O)c1ccc(Cl)cc1. The van der Waals surface area contributed by atoms with Crippen molar-refractivity contribution in [2.75, 3.05) is 19.7 Å². The Morgan fingerprint density at radius 3 is 2.62 bits per heavy atom. The maximum Gasteiger partial charge on any atom is 0.243 e. The zero-order valence-corrected chi connectivity index (χ0v) is 17.2. The van der Waals surface area contributed by atoms with Gasteiger partial charge in [-0.3, -0.25) is 4.79 Å². The molecule has 2 heterocycles. The van der Waals surface area contributed by atoms with Gasteiger partial charge in [-0.2, -0.15) is 4.31 Å². The Morgan fingerprint density at radius 1 is 1.14 bits per heavy atom. The average molecular weight is 437 g/mol. The zero-order chi connectivity index (χ0) is 20.4. The molecule has 0 radical (unpaired) electrons. The zero-order valence-electron chi connectivity index (χ0n) is 15.6. The molecule has 0 aromatic heterocycles. The highest BCUT2D eigenvalue weighted by Crippen LogP contribution is 2.31. The number of hydrogen-bond donors (Lipinski definition) is 1. The molecule has 2 atom stereocenters. The number of para-hydroxylation sites is 2. The van der Waals surface area contributed by atoms with E-state index in [1.54, 1.807) is 6.07 Å². The molecule has 1 amide bonds. The molecule has 0 saturated carbocycles. The van der Waals surface area contributed by atoms with Crippen molar-refractivity contribution in [3.8, 4) is 11.5 Å². The predicted molar refractivity (Wildman–Crippen MR) is 108 cm³/mol. The van der Waals surface area contributed by atoms with Gasteiger partial charge in [-0.1, -0.05) is 23.7 Å². The molecule has 154 valence electrons. The van der Waals surface area contributed by atoms with Crippen LogP contribution >= 0.6 is 11.6 Å². The van der Waals surface area contributed by atoms with Crippen molar-refractivity contribution >= 4 is 27.5 Å². The molecular formula is C20H21ClN2O5S. The second-order valence-electron chi connectivity index (χ2n) is 6.97. The summed E-state index contributed by atoms with van der Waals surface area (Å²) in [6.07, 6.45) is 0.766. The number of rotatable bonds is 5. The van der Waals surface area contributed by atoms with Crippen LogP contribution in [0.1, 0.15) is 12.8 Å². The second-order valence-corrected chi connectivity index (χ2v) is 9.30. The fourth-order valence-electron chi connectivity index (χ4n) is 3.53. The molecule has 2 aromatic rings. The second kappa shape index (κ2) is 8.22. The van der Waals surface area contributed by atoms with Gasteiger partial charge in [0, 0.05) is 11.6 Å². The minimum Gasteiger partial charge on any atom is -0.486 e. The molecule has 0 bridgehead atoms. The number of carbonyl (C=O) groups is 1. The van der Waals surface area contributed by atoms with E-state index >= 15 is 0 Å². The molecule has 2 aliphatic heterocycles. The Balaban J connectivity index is 1.40. The van der Waals surface area contributed by atoms with Crippen LogP contribution in [-0.4, -0.2) is 50.5 Å². The molecule has 1 N–H and O–H groups in total. The number of hydrogen-bond acceptors (Lipinski definition) is 5. The topological polar surface area (TPSA) is 84.9 Å². The lowest BCUT2D eigenvalue weighted by atomic mass is 10.2. The number of halogens is 1. The summed E-state index contributed by atoms with van der Waals surface area (Å²) in [4.78, 5) is 12.9. The molecule has 2 aromatic carbocycles. The minimum absolute atomic E-state index is 0.127. The van der Waals surface area contributed by atoms with Crippen molar-refractivity contribution < 1.29 is 22.7 Å². The van der Waals surface area contributed by atoms with Crippen molar-refractivity contribution in [3.05, 3.63) is 53.6 Å². The molecule has 0 aliphatic carbocycles. The highest BCUT2D eigenvalue weighted by atomic mass is 35.5. The summed E-state index contributed by atoms with van der Waals surface area (Å²) in [5.41, 5.74) is 0. The number of nitrogens with zero attached hydrogens (tertiary/aromatic N) is 1. The summed E-state index contributed by atoms with van der Waals surface area (Å²) >= 11 is 5.85. The first kappa shape index (κ1) is 20.0. The van der Waals surface area contributed by atoms with Crippen LogP contribution in [0.5, 0.6) is 11.5 Å². The maximum atomic E-state index is 13.0. The number of sulfonamides is 1. The van der Waals surface area contributed by atoms with E-state index in [0.717, 1.165) is 0 Å². The van der Waals surface area contributed by atoms with Crippen LogP contribution in [0, 0.1) is 0 Å². The van der Waals surface area contributed by atoms with Crippen LogP contribution in [-0.2, 0) is 14.8 Å². The maximum absolute atomic E-state index is 13.0. The van der Waals surface area contributed by atoms with Crippen LogP contribution in [0.4, 0.5) is 0 Å². The van der Waals surface area contributed by atoms with Gasteiger partial charge in [0.25, 0.3) is 0 Å². The van der Waals surface area contributed by atoms with Gasteiger partial charge in [0.15, 0.2) is 11.5 Å². The summed E-state index contributed by atoms with van der Waals surface area (Å²) in [7, 11) is -3.77. The normalized spacial score (nSPS) is 21.7. The summed E-state index contributed by atoms with van der Waals surface area (Å²) in [5, 5.41) is 3.27. The number of nitrogens with one attached hydrogen (secondary N) is 1. The first-order chi connectivity index (χ1) is 13.9. The van der Waals surface area contributed by atoms with Gasteiger partial charge in [0.2, 0.25) is 15.9 Å². The van der Waals surface area contributed by atoms with E-state index in [1.165, 1.54) is 28.6 Å². The van der Waals surface area contributed by atoms with Gasteiger partial charge in [0.1, 0.15) is 18.8 Å². The van der Waals surface area contributed by atoms with Crippen molar-refractivity contribution in [1.29, 1.82) is 0 Å². The van der Waals surface area contributed by atoms with Gasteiger partial charge in [-0.25, -0.2) is 8.42 Å². The van der Waals surface area contributed by atoms with E-state index in [1.807, 2.05) is 18.2 Å². The number of ether oxygens (including phenoxy) is 2. The summed E-state index contributed by atoms with van der Waals surface area (Å²) in [6.45, 7) is 0.854. The molecule has 9 heteroatoms. The van der Waals surface area contributed by atoms with Crippen LogP contribution in [0.25, 0.3) is 0 Å². The molecule has 0 unspecified atom stereocenters. The Labute approximate surface area is 174 Å². The standard InChI is InChI=1S/C20H21ClN2O5S/c21-14-7-9-16(10-8-14)29(25,26)23-11-3-4-17(23)20(24)22-12-15-13-27-18-5-1-2-6-19(18)28-15/h1-2,5-10,15,17H,3-4,11-13H2,(H,22,24)/t15-,17-/m0/s1. The Hall–Kier alpha value is -2.29. The summed E-state index contributed by atoms with van der Waals surface area (Å²) in [5.74, 6) is 0.972. The Kier molecular flexibility index (Phi) is 5.67. The summed E-state index contributed by atoms with van der Waals surface area (Å²) in [6, 6.07) is 12.6. The van der Waals surface area contributed by atoms with Gasteiger partial charge in [-0.05, 0) is 49.2 Å². The third-order valence-electron chi connectivity index (χ3n) is 5.00. The molecule has 1 fully saturated rings. The monoisotopic (exact) mass is 436 g/mol. The number of amides is 1. The van der Waals surface area contributed by atoms with E-state index in [-0.39, 0.29) is 23.5 Å². The molecule has 7 nitrogen and oxygen atoms in total. The van der Waals surface area contributed by atoms with Crippen LogP contribution in [0.3, 0.4) is 0 Å². The Morgan fingerprint density at radius 2 is 1.86 bits per heavy atom. The first-order valence-corrected chi connectivity index (χ1v) is 11.2. The highest BCUT2D eigenvalue weighted by molar-refractivity contribution is 7.89. The van der Waals surface area contributed by atoms with Crippen molar-refractivity contribution in [3.63, 3.8) is 0 Å². The smallest absolute Gasteiger partial charge is 0.243 e. The fraction of sp³-hybridized carbons (Fsp3) is 0.350. The van der Waals surface area contributed by atoms with Gasteiger partial charge in [-0.15, -0.1) is 0 Å². The summed E-state index contributed by atoms with van der Waals surface area (Å²) < 4.78 is 38.7. The van der Waals surface area contributed by atoms with Crippen LogP contribution in [0.2, 0.25) is 5.02 Å². The molecule has 29 heavy (non-hydrogen) atoms. The molecule has 4 rings (SSSR count). The lowest BCUT2D eigenvalue weighted by molar-refractivity contribution is -0.124. The molecule has 2 aliphatic rings. The van der Waals surface area contributed by atoms with Crippen molar-refractivity contribution in [1.82, 2.24) is 9.62 Å². The third-order valence-corrected chi connectivity index (χ3v) is 7.17. The third kappa shape index (κ3) is 4.19. The highest BCUT2D eigenvalue weighted by Gasteiger charge is 2.39. The van der Waals surface area contributed by atoms with Gasteiger partial charge in [0.05, 0.1) is 11.4 Å². The number of carbonyl (C=O) groups excluding carboxylic acids is 1. The van der Waals surface area contributed by atoms with E-state index < -0.39 is 16.1 Å². The average Bonchev–Trinajstić information content (AvgIpc) is 3.23.